The van der Waals surface area contributed by atoms with E-state index >= 15 is 0 Å². The van der Waals surface area contributed by atoms with E-state index < -0.39 is 0 Å². The van der Waals surface area contributed by atoms with Crippen LogP contribution in [0.25, 0.3) is 22.0 Å². The molecular formula is C50H44CoN6O2. The average Bonchev–Trinajstić information content (AvgIpc) is 3.71. The number of carbonyl (C=O) groups excluding carboxylic acids is 2. The van der Waals surface area contributed by atoms with E-state index in [1.165, 1.54) is 10.0 Å². The van der Waals surface area contributed by atoms with Gasteiger partial charge in [0.05, 0.1) is 33.9 Å². The van der Waals surface area contributed by atoms with E-state index in [2.05, 4.69) is 34.5 Å². The molecule has 0 atom stereocenters. The Bertz CT molecular complexity index is 2420. The van der Waals surface area contributed by atoms with E-state index in [1.807, 2.05) is 175 Å². The first-order valence-electron chi connectivity index (χ1n) is 19.2. The minimum atomic E-state index is -0.165. The third kappa shape index (κ3) is 9.33. The van der Waals surface area contributed by atoms with Crippen LogP contribution in [0.1, 0.15) is 47.2 Å². The Morgan fingerprint density at radius 2 is 0.763 bits per heavy atom. The molecule has 59 heavy (non-hydrogen) atoms. The first kappa shape index (κ1) is 41.8. The first-order chi connectivity index (χ1) is 28.1. The fraction of sp³-hybridized carbons (Fsp3) is 0.120. The van der Waals surface area contributed by atoms with Crippen LogP contribution in [-0.4, -0.2) is 23.2 Å². The number of hydrogen-bond acceptors (Lipinski definition) is 4. The maximum atomic E-state index is 13.4. The van der Waals surface area contributed by atoms with Crippen LogP contribution in [0.15, 0.2) is 179 Å². The number of aryl methyl sites for hydroxylation is 4. The number of rotatable bonds is 8. The number of amides is 2. The maximum Gasteiger partial charge on any atom is 2.00 e. The third-order valence-electron chi connectivity index (χ3n) is 9.80. The van der Waals surface area contributed by atoms with Gasteiger partial charge >= 0.3 is 16.8 Å². The van der Waals surface area contributed by atoms with Crippen molar-refractivity contribution in [1.29, 1.82) is 0 Å². The van der Waals surface area contributed by atoms with Gasteiger partial charge < -0.3 is 10.6 Å². The number of nitrogens with zero attached hydrogens (tertiary/aromatic N) is 6. The molecule has 0 aliphatic carbocycles. The van der Waals surface area contributed by atoms with Gasteiger partial charge in [-0.05, 0) is 76.9 Å². The molecule has 0 spiro atoms. The Hall–Kier alpha value is -6.81. The summed E-state index contributed by atoms with van der Waals surface area (Å²) in [4.78, 5) is 26.7. The Labute approximate surface area is 356 Å². The molecule has 295 valence electrons. The van der Waals surface area contributed by atoms with Gasteiger partial charge in [-0.3, -0.25) is 9.59 Å². The number of hydrazone groups is 2. The molecule has 0 saturated carbocycles. The van der Waals surface area contributed by atoms with E-state index in [1.54, 1.807) is 0 Å². The molecule has 2 heterocycles. The molecule has 0 aromatic heterocycles. The zero-order valence-electron chi connectivity index (χ0n) is 33.8. The van der Waals surface area contributed by atoms with E-state index in [4.69, 9.17) is 10.6 Å². The topological polar surface area (TPSA) is 93.5 Å². The number of carbonyl (C=O) groups is 2. The molecule has 2 aliphatic rings. The molecule has 1 radical (unpaired) electrons. The number of benzene rings is 6. The molecule has 8 rings (SSSR count). The van der Waals surface area contributed by atoms with Crippen LogP contribution in [-0.2, 0) is 26.4 Å². The van der Waals surface area contributed by atoms with E-state index in [0.29, 0.717) is 34.0 Å². The SMILES string of the molecule is CC1=NN(c2ccccc2)C(=O)/C1=C(\[N-]c1cc(C)ccc1C)c1ccccc1.CC1=NN(c2ccccc2)C(=O)/C1=C(\[N-]c1cc(C)ccc1C)c1ccccc1.[Co+2]. The van der Waals surface area contributed by atoms with Gasteiger partial charge in [-0.1, -0.05) is 156 Å². The van der Waals surface area contributed by atoms with Crippen molar-refractivity contribution in [3.63, 3.8) is 0 Å². The Kier molecular flexibility index (Phi) is 13.2. The van der Waals surface area contributed by atoms with Crippen LogP contribution < -0.4 is 10.0 Å². The predicted molar refractivity (Wildman–Crippen MR) is 239 cm³/mol. The van der Waals surface area contributed by atoms with Gasteiger partial charge in [0.25, 0.3) is 11.8 Å². The smallest absolute Gasteiger partial charge is 0.656 e. The van der Waals surface area contributed by atoms with Crippen LogP contribution in [0.5, 0.6) is 0 Å². The number of para-hydroxylation sites is 2. The zero-order chi connectivity index (χ0) is 40.8. The van der Waals surface area contributed by atoms with E-state index in [-0.39, 0.29) is 28.6 Å². The maximum absolute atomic E-state index is 13.4. The summed E-state index contributed by atoms with van der Waals surface area (Å²) >= 11 is 0. The molecule has 0 bridgehead atoms. The van der Waals surface area contributed by atoms with Crippen LogP contribution in [0.4, 0.5) is 22.7 Å². The predicted octanol–water partition coefficient (Wildman–Crippen LogP) is 12.3. The summed E-state index contributed by atoms with van der Waals surface area (Å²) < 4.78 is 0. The summed E-state index contributed by atoms with van der Waals surface area (Å²) in [6.07, 6.45) is 0. The van der Waals surface area contributed by atoms with Crippen molar-refractivity contribution in [2.45, 2.75) is 41.5 Å². The fourth-order valence-corrected chi connectivity index (χ4v) is 6.69. The summed E-state index contributed by atoms with van der Waals surface area (Å²) in [6, 6.07) is 50.9. The van der Waals surface area contributed by atoms with Gasteiger partial charge in [-0.25, -0.2) is 0 Å². The van der Waals surface area contributed by atoms with Crippen LogP contribution in [0.3, 0.4) is 0 Å². The molecule has 6 aromatic carbocycles. The third-order valence-corrected chi connectivity index (χ3v) is 9.80. The second-order valence-electron chi connectivity index (χ2n) is 14.3. The minimum Gasteiger partial charge on any atom is -0.656 e. The average molecular weight is 820 g/mol. The van der Waals surface area contributed by atoms with Crippen molar-refractivity contribution >= 4 is 57.4 Å². The van der Waals surface area contributed by atoms with Crippen LogP contribution in [0.2, 0.25) is 0 Å². The summed E-state index contributed by atoms with van der Waals surface area (Å²) in [5, 5.41) is 21.9. The van der Waals surface area contributed by atoms with Gasteiger partial charge in [0.2, 0.25) is 0 Å². The summed E-state index contributed by atoms with van der Waals surface area (Å²) in [7, 11) is 0. The number of hydrogen-bond donors (Lipinski definition) is 0. The fourth-order valence-electron chi connectivity index (χ4n) is 6.69. The van der Waals surface area contributed by atoms with Gasteiger partial charge in [-0.2, -0.15) is 20.2 Å². The Morgan fingerprint density at radius 1 is 0.441 bits per heavy atom. The normalized spacial score (nSPS) is 15.1. The molecule has 6 aromatic rings. The quantitative estimate of drug-likeness (QED) is 0.143. The molecule has 0 saturated heterocycles. The standard InChI is InChI=1S/2C25H23N3O.Co/c2*1-17-14-15-18(2)22(16-17)26-24(20-10-6-4-7-11-20)23-19(3)27-28(25(23)29)21-12-8-5-9-13-21;/h2*4-16H,1-3H3,(H,26,27,29);/q;;+2/p-2. The molecule has 0 N–H and O–H groups in total. The van der Waals surface area contributed by atoms with Crippen molar-refractivity contribution in [2.24, 2.45) is 10.2 Å². The zero-order valence-corrected chi connectivity index (χ0v) is 34.9. The van der Waals surface area contributed by atoms with E-state index in [9.17, 15) is 9.59 Å². The minimum absolute atomic E-state index is 0. The van der Waals surface area contributed by atoms with E-state index in [0.717, 1.165) is 56.1 Å². The summed E-state index contributed by atoms with van der Waals surface area (Å²) in [5.74, 6) is -0.330. The molecule has 0 fully saturated rings. The van der Waals surface area contributed by atoms with Gasteiger partial charge in [0, 0.05) is 0 Å². The second kappa shape index (κ2) is 18.6. The molecule has 9 heteroatoms. The molecule has 8 nitrogen and oxygen atoms in total. The van der Waals surface area contributed by atoms with Crippen LogP contribution >= 0.6 is 0 Å². The summed E-state index contributed by atoms with van der Waals surface area (Å²) in [5.41, 5.74) is 13.0. The Balaban J connectivity index is 0.000000195. The Morgan fingerprint density at radius 3 is 1.10 bits per heavy atom. The van der Waals surface area contributed by atoms with Gasteiger partial charge in [-0.15, -0.1) is 22.8 Å². The summed E-state index contributed by atoms with van der Waals surface area (Å²) in [6.45, 7) is 11.9. The largest absolute Gasteiger partial charge is 2.00 e. The van der Waals surface area contributed by atoms with Crippen molar-refractivity contribution in [3.05, 3.63) is 213 Å². The van der Waals surface area contributed by atoms with Crippen molar-refractivity contribution in [2.75, 3.05) is 10.0 Å². The van der Waals surface area contributed by atoms with Crippen molar-refractivity contribution in [1.82, 2.24) is 0 Å². The second-order valence-corrected chi connectivity index (χ2v) is 14.3. The number of anilines is 2. The van der Waals surface area contributed by atoms with Gasteiger partial charge in [0.1, 0.15) is 0 Å². The molecule has 0 unspecified atom stereocenters. The molecular weight excluding hydrogens is 776 g/mol. The molecule has 2 aliphatic heterocycles. The van der Waals surface area contributed by atoms with Gasteiger partial charge in [0.15, 0.2) is 0 Å². The molecule has 2 amide bonds. The first-order valence-corrected chi connectivity index (χ1v) is 19.2. The van der Waals surface area contributed by atoms with Crippen molar-refractivity contribution in [3.8, 4) is 0 Å². The van der Waals surface area contributed by atoms with Crippen LogP contribution in [0, 0.1) is 27.7 Å². The van der Waals surface area contributed by atoms with Crippen molar-refractivity contribution < 1.29 is 26.4 Å². The monoisotopic (exact) mass is 819 g/mol.